The van der Waals surface area contributed by atoms with E-state index in [0.29, 0.717) is 0 Å². The summed E-state index contributed by atoms with van der Waals surface area (Å²) in [4.78, 5) is 16.3. The summed E-state index contributed by atoms with van der Waals surface area (Å²) in [6.07, 6.45) is 2.20. The molecule has 0 aliphatic heterocycles. The van der Waals surface area contributed by atoms with E-state index in [-0.39, 0.29) is 18.1 Å². The van der Waals surface area contributed by atoms with Crippen LogP contribution in [0.15, 0.2) is 6.20 Å². The van der Waals surface area contributed by atoms with Crippen molar-refractivity contribution < 1.29 is 22.2 Å². The molecular weight excluding hydrogens is 250 g/mol. The van der Waals surface area contributed by atoms with Crippen molar-refractivity contribution in [2.45, 2.75) is 6.92 Å². The first-order valence-electron chi connectivity index (χ1n) is 4.68. The van der Waals surface area contributed by atoms with E-state index >= 15 is 0 Å². The highest BCUT2D eigenvalue weighted by Crippen LogP contribution is 2.16. The Kier molecular flexibility index (Phi) is 4.07. The van der Waals surface area contributed by atoms with Crippen molar-refractivity contribution in [3.8, 4) is 5.88 Å². The van der Waals surface area contributed by atoms with Gasteiger partial charge in [-0.2, -0.15) is 8.42 Å². The van der Waals surface area contributed by atoms with Crippen molar-refractivity contribution in [3.05, 3.63) is 11.8 Å². The molecule has 0 saturated carbocycles. The topological polar surface area (TPSA) is 99.5 Å². The van der Waals surface area contributed by atoms with Crippen LogP contribution < -0.4 is 9.66 Å². The van der Waals surface area contributed by atoms with Crippen LogP contribution in [0.2, 0.25) is 0 Å². The van der Waals surface area contributed by atoms with E-state index in [4.69, 9.17) is 4.84 Å². The van der Waals surface area contributed by atoms with Gasteiger partial charge in [0.2, 0.25) is 0 Å². The van der Waals surface area contributed by atoms with Crippen LogP contribution in [0.25, 0.3) is 0 Å². The second-order valence-corrected chi connectivity index (χ2v) is 4.75. The number of hydroxylamine groups is 1. The summed E-state index contributed by atoms with van der Waals surface area (Å²) in [6, 6.07) is 0. The summed E-state index contributed by atoms with van der Waals surface area (Å²) in [7, 11) is -2.20. The molecule has 0 radical (unpaired) electrons. The van der Waals surface area contributed by atoms with E-state index in [2.05, 4.69) is 14.8 Å². The van der Waals surface area contributed by atoms with Gasteiger partial charge in [0.15, 0.2) is 0 Å². The molecule has 96 valence electrons. The predicted molar refractivity (Wildman–Crippen MR) is 57.8 cm³/mol. The lowest BCUT2D eigenvalue weighted by atomic mass is 10.3. The SMILES string of the molecule is CCONC(=O)c1cn(C)nc1OS(C)(=O)=O. The number of hydrogen-bond donors (Lipinski definition) is 1. The van der Waals surface area contributed by atoms with E-state index in [1.54, 1.807) is 6.92 Å². The maximum atomic E-state index is 11.6. The number of amides is 1. The Morgan fingerprint density at radius 1 is 1.59 bits per heavy atom. The van der Waals surface area contributed by atoms with Crippen molar-refractivity contribution in [3.63, 3.8) is 0 Å². The van der Waals surface area contributed by atoms with Gasteiger partial charge in [0.1, 0.15) is 5.56 Å². The van der Waals surface area contributed by atoms with Crippen LogP contribution >= 0.6 is 0 Å². The molecule has 8 nitrogen and oxygen atoms in total. The molecule has 0 atom stereocenters. The van der Waals surface area contributed by atoms with Gasteiger partial charge in [0, 0.05) is 13.2 Å². The molecule has 0 aromatic carbocycles. The largest absolute Gasteiger partial charge is 0.359 e. The Bertz CT molecular complexity index is 507. The number of aryl methyl sites for hydroxylation is 1. The second kappa shape index (κ2) is 5.15. The molecule has 0 aliphatic carbocycles. The lowest BCUT2D eigenvalue weighted by Gasteiger charge is -2.03. The molecule has 0 spiro atoms. The third-order valence-corrected chi connectivity index (χ3v) is 2.04. The molecule has 1 aromatic heterocycles. The summed E-state index contributed by atoms with van der Waals surface area (Å²) in [5.74, 6) is -0.911. The summed E-state index contributed by atoms with van der Waals surface area (Å²) >= 11 is 0. The molecule has 0 unspecified atom stereocenters. The van der Waals surface area contributed by atoms with Gasteiger partial charge in [-0.25, -0.2) is 5.48 Å². The Hall–Kier alpha value is -1.61. The van der Waals surface area contributed by atoms with Gasteiger partial charge >= 0.3 is 10.1 Å². The van der Waals surface area contributed by atoms with Gasteiger partial charge in [-0.15, -0.1) is 5.10 Å². The molecule has 1 N–H and O–H groups in total. The van der Waals surface area contributed by atoms with Crippen LogP contribution in [0.5, 0.6) is 5.88 Å². The number of aromatic nitrogens is 2. The Morgan fingerprint density at radius 2 is 2.24 bits per heavy atom. The standard InChI is InChI=1S/C8H13N3O5S/c1-4-15-10-7(12)6-5-11(2)9-8(6)16-17(3,13)14/h5H,4H2,1-3H3,(H,10,12). The maximum absolute atomic E-state index is 11.6. The zero-order valence-corrected chi connectivity index (χ0v) is 10.4. The zero-order chi connectivity index (χ0) is 13.1. The minimum Gasteiger partial charge on any atom is -0.359 e. The Labute approximate surface area is 98.6 Å². The number of carbonyl (C=O) groups is 1. The summed E-state index contributed by atoms with van der Waals surface area (Å²) in [6.45, 7) is 1.98. The molecule has 0 fully saturated rings. The Balaban J connectivity index is 2.95. The van der Waals surface area contributed by atoms with Gasteiger partial charge < -0.3 is 4.18 Å². The first kappa shape index (κ1) is 13.5. The van der Waals surface area contributed by atoms with Gasteiger partial charge in [0.05, 0.1) is 12.9 Å². The monoisotopic (exact) mass is 263 g/mol. The fraction of sp³-hybridized carbons (Fsp3) is 0.500. The Morgan fingerprint density at radius 3 is 2.76 bits per heavy atom. The van der Waals surface area contributed by atoms with Crippen LogP contribution in [0.4, 0.5) is 0 Å². The molecule has 1 heterocycles. The third kappa shape index (κ3) is 4.04. The molecular formula is C8H13N3O5S. The number of rotatable bonds is 5. The van der Waals surface area contributed by atoms with Crippen LogP contribution in [0, 0.1) is 0 Å². The van der Waals surface area contributed by atoms with Crippen molar-refractivity contribution >= 4 is 16.0 Å². The molecule has 17 heavy (non-hydrogen) atoms. The highest BCUT2D eigenvalue weighted by atomic mass is 32.2. The number of nitrogens with zero attached hydrogens (tertiary/aromatic N) is 2. The smallest absolute Gasteiger partial charge is 0.307 e. The van der Waals surface area contributed by atoms with E-state index in [0.717, 1.165) is 6.26 Å². The molecule has 1 aromatic rings. The molecule has 0 bridgehead atoms. The first-order chi connectivity index (χ1) is 7.83. The van der Waals surface area contributed by atoms with Gasteiger partial charge in [-0.3, -0.25) is 14.3 Å². The van der Waals surface area contributed by atoms with E-state index < -0.39 is 16.0 Å². The van der Waals surface area contributed by atoms with Gasteiger partial charge in [-0.05, 0) is 6.92 Å². The van der Waals surface area contributed by atoms with Crippen LogP contribution in [0.1, 0.15) is 17.3 Å². The molecule has 1 amide bonds. The van der Waals surface area contributed by atoms with Crippen LogP contribution in [-0.4, -0.2) is 37.0 Å². The molecule has 0 aliphatic rings. The lowest BCUT2D eigenvalue weighted by Crippen LogP contribution is -2.24. The van der Waals surface area contributed by atoms with E-state index in [9.17, 15) is 13.2 Å². The molecule has 9 heteroatoms. The summed E-state index contributed by atoms with van der Waals surface area (Å²) in [5.41, 5.74) is 2.10. The number of hydrogen-bond acceptors (Lipinski definition) is 6. The fourth-order valence-corrected chi connectivity index (χ4v) is 1.43. The van der Waals surface area contributed by atoms with Gasteiger partial charge in [-0.1, -0.05) is 0 Å². The number of carbonyl (C=O) groups excluding carboxylic acids is 1. The van der Waals surface area contributed by atoms with Crippen molar-refractivity contribution in [1.82, 2.24) is 15.3 Å². The third-order valence-electron chi connectivity index (χ3n) is 1.58. The minimum absolute atomic E-state index is 0.0219. The summed E-state index contributed by atoms with van der Waals surface area (Å²) < 4.78 is 27.8. The van der Waals surface area contributed by atoms with E-state index in [1.165, 1.54) is 17.9 Å². The van der Waals surface area contributed by atoms with Crippen LogP contribution in [0.3, 0.4) is 0 Å². The van der Waals surface area contributed by atoms with Crippen molar-refractivity contribution in [2.24, 2.45) is 7.05 Å². The lowest BCUT2D eigenvalue weighted by molar-refractivity contribution is 0.0363. The first-order valence-corrected chi connectivity index (χ1v) is 6.50. The van der Waals surface area contributed by atoms with Crippen molar-refractivity contribution in [2.75, 3.05) is 12.9 Å². The second-order valence-electron chi connectivity index (χ2n) is 3.17. The van der Waals surface area contributed by atoms with Gasteiger partial charge in [0.25, 0.3) is 11.8 Å². The minimum atomic E-state index is -3.74. The summed E-state index contributed by atoms with van der Waals surface area (Å²) in [5, 5.41) is 3.72. The highest BCUT2D eigenvalue weighted by Gasteiger charge is 2.20. The quantitative estimate of drug-likeness (QED) is 0.564. The average Bonchev–Trinajstić information content (AvgIpc) is 2.53. The highest BCUT2D eigenvalue weighted by molar-refractivity contribution is 7.86. The van der Waals surface area contributed by atoms with E-state index in [1.807, 2.05) is 0 Å². The zero-order valence-electron chi connectivity index (χ0n) is 9.63. The van der Waals surface area contributed by atoms with Crippen LogP contribution in [-0.2, 0) is 22.0 Å². The fourth-order valence-electron chi connectivity index (χ4n) is 1.02. The normalized spacial score (nSPS) is 11.2. The molecule has 0 saturated heterocycles. The average molecular weight is 263 g/mol. The van der Waals surface area contributed by atoms with Crippen molar-refractivity contribution in [1.29, 1.82) is 0 Å². The maximum Gasteiger partial charge on any atom is 0.307 e. The predicted octanol–water partition coefficient (Wildman–Crippen LogP) is -0.560. The molecule has 1 rings (SSSR count). The number of nitrogens with one attached hydrogen (secondary N) is 1.